The molecule has 1 fully saturated rings. The third-order valence-electron chi connectivity index (χ3n) is 9.06. The highest BCUT2D eigenvalue weighted by Gasteiger charge is 2.34. The van der Waals surface area contributed by atoms with Crippen molar-refractivity contribution in [2.75, 3.05) is 39.3 Å². The van der Waals surface area contributed by atoms with Crippen LogP contribution in [0.5, 0.6) is 0 Å². The summed E-state index contributed by atoms with van der Waals surface area (Å²) in [5.74, 6) is -7.19. The molecular formula is C36H67N13O10. The molecule has 1 saturated heterocycles. The second-order valence-electron chi connectivity index (χ2n) is 14.7. The molecule has 1 rings (SSSR count). The van der Waals surface area contributed by atoms with Crippen molar-refractivity contribution in [1.29, 1.82) is 0 Å². The van der Waals surface area contributed by atoms with Crippen LogP contribution >= 0.6 is 0 Å². The zero-order chi connectivity index (χ0) is 44.7. The Bertz CT molecular complexity index is 1430. The first-order chi connectivity index (χ1) is 27.9. The number of carbonyl (C=O) groups excluding carboxylic acids is 9. The molecule has 0 spiro atoms. The van der Waals surface area contributed by atoms with Crippen molar-refractivity contribution in [3.05, 3.63) is 0 Å². The Hall–Kier alpha value is -4.97. The van der Waals surface area contributed by atoms with Crippen LogP contribution in [0, 0.1) is 5.92 Å². The van der Waals surface area contributed by atoms with Crippen molar-refractivity contribution in [3.8, 4) is 0 Å². The van der Waals surface area contributed by atoms with Gasteiger partial charge in [0.1, 0.15) is 42.3 Å². The number of rotatable bonds is 16. The number of amides is 9. The first-order valence-corrected chi connectivity index (χ1v) is 20.1. The fraction of sp³-hybridized carbons (Fsp3) is 0.750. The maximum atomic E-state index is 13.8. The molecule has 1 aliphatic heterocycles. The lowest BCUT2D eigenvalue weighted by Crippen LogP contribution is -2.60. The number of nitrogens with one attached hydrogen (secondary N) is 9. The van der Waals surface area contributed by atoms with Crippen LogP contribution in [-0.2, 0) is 43.2 Å². The SMILES string of the molecule is CCCC(=O)N[C@@H](CCN)C(=O)N[C@H]1CCNC(=O)[C@H]([C@@H](C)O)NC(=O)[C@H](CCN)NC(=O)[C@H](CCN)NC(=O)[C@H](CC(C)C)NC(=O)CNC(=O)[C@H](CCN)NC1=O. The summed E-state index contributed by atoms with van der Waals surface area (Å²) in [5.41, 5.74) is 22.9. The van der Waals surface area contributed by atoms with Gasteiger partial charge in [-0.15, -0.1) is 0 Å². The molecule has 59 heavy (non-hydrogen) atoms. The quantitative estimate of drug-likeness (QED) is 0.0688. The van der Waals surface area contributed by atoms with Gasteiger partial charge in [-0.05, 0) is 84.0 Å². The van der Waals surface area contributed by atoms with E-state index in [1.54, 1.807) is 20.8 Å². The highest BCUT2D eigenvalue weighted by molar-refractivity contribution is 5.97. The van der Waals surface area contributed by atoms with Gasteiger partial charge < -0.3 is 75.9 Å². The molecule has 1 aliphatic rings. The molecule has 0 aromatic heterocycles. The molecule has 0 aromatic carbocycles. The van der Waals surface area contributed by atoms with Crippen molar-refractivity contribution in [2.24, 2.45) is 28.9 Å². The zero-order valence-electron chi connectivity index (χ0n) is 34.5. The summed E-state index contributed by atoms with van der Waals surface area (Å²) >= 11 is 0. The summed E-state index contributed by atoms with van der Waals surface area (Å²) in [6.45, 7) is 5.41. The topological polar surface area (TPSA) is 386 Å². The van der Waals surface area contributed by atoms with E-state index < -0.39 is 108 Å². The largest absolute Gasteiger partial charge is 0.391 e. The number of nitrogens with two attached hydrogens (primary N) is 4. The summed E-state index contributed by atoms with van der Waals surface area (Å²) in [7, 11) is 0. The van der Waals surface area contributed by atoms with E-state index >= 15 is 0 Å². The van der Waals surface area contributed by atoms with Crippen LogP contribution in [-0.4, -0.2) is 146 Å². The fourth-order valence-electron chi connectivity index (χ4n) is 5.94. The average Bonchev–Trinajstić information content (AvgIpc) is 3.16. The van der Waals surface area contributed by atoms with E-state index in [9.17, 15) is 48.3 Å². The minimum absolute atomic E-state index is 0.00315. The van der Waals surface area contributed by atoms with E-state index in [0.717, 1.165) is 0 Å². The summed E-state index contributed by atoms with van der Waals surface area (Å²) < 4.78 is 0. The van der Waals surface area contributed by atoms with Crippen LogP contribution in [0.25, 0.3) is 0 Å². The monoisotopic (exact) mass is 842 g/mol. The number of carbonyl (C=O) groups is 9. The number of aliphatic hydroxyl groups excluding tert-OH is 1. The Morgan fingerprint density at radius 2 is 1.22 bits per heavy atom. The third kappa shape index (κ3) is 19.1. The molecule has 0 radical (unpaired) electrons. The molecule has 0 saturated carbocycles. The summed E-state index contributed by atoms with van der Waals surface area (Å²) in [6.07, 6.45) is -1.30. The highest BCUT2D eigenvalue weighted by Crippen LogP contribution is 2.08. The summed E-state index contributed by atoms with van der Waals surface area (Å²) in [4.78, 5) is 120. The van der Waals surface area contributed by atoms with Gasteiger partial charge in [-0.25, -0.2) is 0 Å². The lowest BCUT2D eigenvalue weighted by Gasteiger charge is -2.27. The van der Waals surface area contributed by atoms with Gasteiger partial charge in [-0.2, -0.15) is 0 Å². The van der Waals surface area contributed by atoms with Crippen LogP contribution in [0.3, 0.4) is 0 Å². The van der Waals surface area contributed by atoms with Crippen LogP contribution in [0.4, 0.5) is 0 Å². The van der Waals surface area contributed by atoms with Crippen molar-refractivity contribution in [3.63, 3.8) is 0 Å². The number of aliphatic hydroxyl groups is 1. The lowest BCUT2D eigenvalue weighted by molar-refractivity contribution is -0.135. The molecule has 23 heteroatoms. The van der Waals surface area contributed by atoms with Crippen LogP contribution in [0.15, 0.2) is 0 Å². The Morgan fingerprint density at radius 1 is 0.695 bits per heavy atom. The molecule has 1 heterocycles. The van der Waals surface area contributed by atoms with Crippen molar-refractivity contribution >= 4 is 53.2 Å². The van der Waals surface area contributed by atoms with E-state index in [1.807, 2.05) is 0 Å². The minimum Gasteiger partial charge on any atom is -0.391 e. The molecule has 336 valence electrons. The van der Waals surface area contributed by atoms with Gasteiger partial charge in [0.15, 0.2) is 0 Å². The van der Waals surface area contributed by atoms with E-state index in [-0.39, 0.29) is 83.6 Å². The molecule has 0 aromatic rings. The Labute approximate surface area is 344 Å². The van der Waals surface area contributed by atoms with Gasteiger partial charge in [-0.3, -0.25) is 43.2 Å². The maximum absolute atomic E-state index is 13.8. The standard InChI is InChI=1S/C36H67N13O10/c1-5-6-27(51)43-22(8-13-38)31(54)48-25-11-16-41-36(59)29(20(4)50)49-34(57)24(10-15-40)46-32(55)23(9-14-39)47-35(58)26(17-19(2)3)44-28(52)18-42-30(53)21(7-12-37)45-33(25)56/h19-26,29,50H,5-18,37-40H2,1-4H3,(H,41,59)(H,42,53)(H,43,51)(H,44,52)(H,45,56)(H,46,55)(H,47,58)(H,48,54)(H,49,57)/t20-,21+,22+,23+,24+,25+,26+,29+/m1/s1. The smallest absolute Gasteiger partial charge is 0.245 e. The Kier molecular flexibility index (Phi) is 24.4. The van der Waals surface area contributed by atoms with Crippen molar-refractivity contribution < 1.29 is 48.3 Å². The molecular weight excluding hydrogens is 774 g/mol. The van der Waals surface area contributed by atoms with E-state index in [4.69, 9.17) is 22.9 Å². The minimum atomic E-state index is -1.58. The summed E-state index contributed by atoms with van der Waals surface area (Å²) in [5, 5.41) is 33.1. The van der Waals surface area contributed by atoms with Gasteiger partial charge in [0, 0.05) is 13.0 Å². The fourth-order valence-corrected chi connectivity index (χ4v) is 5.94. The van der Waals surface area contributed by atoms with Crippen LogP contribution in [0.1, 0.15) is 79.1 Å². The zero-order valence-corrected chi connectivity index (χ0v) is 34.5. The van der Waals surface area contributed by atoms with Gasteiger partial charge in [0.2, 0.25) is 53.2 Å². The normalized spacial score (nSPS) is 24.5. The first-order valence-electron chi connectivity index (χ1n) is 20.1. The first kappa shape index (κ1) is 52.0. The summed E-state index contributed by atoms with van der Waals surface area (Å²) in [6, 6.07) is -9.25. The van der Waals surface area contributed by atoms with Gasteiger partial charge >= 0.3 is 0 Å². The van der Waals surface area contributed by atoms with Gasteiger partial charge in [0.05, 0.1) is 12.6 Å². The Morgan fingerprint density at radius 3 is 1.73 bits per heavy atom. The maximum Gasteiger partial charge on any atom is 0.245 e. The van der Waals surface area contributed by atoms with E-state index in [0.29, 0.717) is 6.42 Å². The lowest BCUT2D eigenvalue weighted by atomic mass is 10.0. The van der Waals surface area contributed by atoms with Crippen molar-refractivity contribution in [2.45, 2.75) is 127 Å². The van der Waals surface area contributed by atoms with Crippen LogP contribution < -0.4 is 70.8 Å². The molecule has 9 amide bonds. The predicted molar refractivity (Wildman–Crippen MR) is 215 cm³/mol. The van der Waals surface area contributed by atoms with Crippen LogP contribution in [0.2, 0.25) is 0 Å². The third-order valence-corrected chi connectivity index (χ3v) is 9.06. The second kappa shape index (κ2) is 27.7. The number of hydrogen-bond donors (Lipinski definition) is 14. The number of hydrogen-bond acceptors (Lipinski definition) is 14. The van der Waals surface area contributed by atoms with Crippen molar-refractivity contribution in [1.82, 2.24) is 47.9 Å². The highest BCUT2D eigenvalue weighted by atomic mass is 16.3. The van der Waals surface area contributed by atoms with Gasteiger partial charge in [-0.1, -0.05) is 20.8 Å². The Balaban J connectivity index is 3.66. The van der Waals surface area contributed by atoms with Gasteiger partial charge in [0.25, 0.3) is 0 Å². The molecule has 0 bridgehead atoms. The molecule has 18 N–H and O–H groups in total. The molecule has 0 unspecified atom stereocenters. The second-order valence-corrected chi connectivity index (χ2v) is 14.7. The average molecular weight is 842 g/mol. The molecule has 0 aliphatic carbocycles. The molecule has 8 atom stereocenters. The predicted octanol–water partition coefficient (Wildman–Crippen LogP) is -6.36. The van der Waals surface area contributed by atoms with E-state index in [1.165, 1.54) is 6.92 Å². The van der Waals surface area contributed by atoms with E-state index in [2.05, 4.69) is 47.9 Å². The molecule has 23 nitrogen and oxygen atoms in total.